The number of hydrogen-bond acceptors (Lipinski definition) is 4. The molecule has 1 saturated heterocycles. The first-order valence-electron chi connectivity index (χ1n) is 8.08. The average Bonchev–Trinajstić information content (AvgIpc) is 2.54. The molecule has 2 atom stereocenters. The van der Waals surface area contributed by atoms with Crippen molar-refractivity contribution in [3.05, 3.63) is 35.9 Å². The Bertz CT molecular complexity index is 462. The van der Waals surface area contributed by atoms with Gasteiger partial charge in [0.2, 0.25) is 0 Å². The summed E-state index contributed by atoms with van der Waals surface area (Å²) in [7, 11) is 0. The van der Waals surface area contributed by atoms with E-state index >= 15 is 0 Å². The van der Waals surface area contributed by atoms with Crippen molar-refractivity contribution >= 4 is 30.7 Å². The second kappa shape index (κ2) is 12.5. The molecule has 24 heavy (non-hydrogen) atoms. The molecule has 0 aromatic heterocycles. The van der Waals surface area contributed by atoms with E-state index in [0.717, 1.165) is 19.6 Å². The van der Waals surface area contributed by atoms with Crippen molar-refractivity contribution in [2.45, 2.75) is 32.5 Å². The molecule has 5 nitrogen and oxygen atoms in total. The predicted molar refractivity (Wildman–Crippen MR) is 102 cm³/mol. The standard InChI is InChI=1S/C17H27N3O2.2ClH/c1-3-18-14(2)11-19-17(21)16-13-20(9-10-22-16)12-15-7-5-4-6-8-15;;/h4-8,14,16,18H,3,9-13H2,1-2H3,(H,19,21);2*1H/t14-,16?;;/m1../s1. The second-order valence-corrected chi connectivity index (χ2v) is 5.78. The van der Waals surface area contributed by atoms with E-state index in [4.69, 9.17) is 4.74 Å². The van der Waals surface area contributed by atoms with E-state index < -0.39 is 0 Å². The van der Waals surface area contributed by atoms with Crippen LogP contribution in [-0.4, -0.2) is 55.7 Å². The van der Waals surface area contributed by atoms with Crippen molar-refractivity contribution in [1.29, 1.82) is 0 Å². The summed E-state index contributed by atoms with van der Waals surface area (Å²) in [6.07, 6.45) is -0.369. The fourth-order valence-corrected chi connectivity index (χ4v) is 2.63. The number of rotatable bonds is 7. The Hall–Kier alpha value is -0.850. The van der Waals surface area contributed by atoms with Gasteiger partial charge in [-0.3, -0.25) is 9.69 Å². The van der Waals surface area contributed by atoms with Gasteiger partial charge in [0, 0.05) is 32.2 Å². The number of benzene rings is 1. The van der Waals surface area contributed by atoms with E-state index in [1.54, 1.807) is 0 Å². The highest BCUT2D eigenvalue weighted by atomic mass is 35.5. The summed E-state index contributed by atoms with van der Waals surface area (Å²) < 4.78 is 5.63. The number of halogens is 2. The van der Waals surface area contributed by atoms with E-state index in [9.17, 15) is 4.79 Å². The molecule has 1 aromatic rings. The summed E-state index contributed by atoms with van der Waals surface area (Å²) in [5.41, 5.74) is 1.27. The zero-order valence-corrected chi connectivity index (χ0v) is 16.0. The minimum atomic E-state index is -0.369. The first-order valence-corrected chi connectivity index (χ1v) is 8.08. The van der Waals surface area contributed by atoms with Crippen LogP contribution in [0.25, 0.3) is 0 Å². The number of carbonyl (C=O) groups excluding carboxylic acids is 1. The van der Waals surface area contributed by atoms with Gasteiger partial charge in [-0.05, 0) is 19.0 Å². The van der Waals surface area contributed by atoms with Crippen LogP contribution in [0.2, 0.25) is 0 Å². The van der Waals surface area contributed by atoms with Crippen LogP contribution in [0.4, 0.5) is 0 Å². The molecular formula is C17H29Cl2N3O2. The molecule has 1 unspecified atom stereocenters. The van der Waals surface area contributed by atoms with Gasteiger partial charge in [-0.2, -0.15) is 0 Å². The first kappa shape index (κ1) is 23.1. The molecule has 2 N–H and O–H groups in total. The third-order valence-electron chi connectivity index (χ3n) is 3.83. The first-order chi connectivity index (χ1) is 10.7. The van der Waals surface area contributed by atoms with Gasteiger partial charge < -0.3 is 15.4 Å². The number of ether oxygens (including phenoxy) is 1. The fourth-order valence-electron chi connectivity index (χ4n) is 2.63. The monoisotopic (exact) mass is 377 g/mol. The lowest BCUT2D eigenvalue weighted by atomic mass is 10.2. The van der Waals surface area contributed by atoms with Crippen LogP contribution in [0.5, 0.6) is 0 Å². The Morgan fingerprint density at radius 2 is 2.04 bits per heavy atom. The predicted octanol–water partition coefficient (Wildman–Crippen LogP) is 1.85. The third-order valence-corrected chi connectivity index (χ3v) is 3.83. The van der Waals surface area contributed by atoms with Gasteiger partial charge >= 0.3 is 0 Å². The largest absolute Gasteiger partial charge is 0.366 e. The van der Waals surface area contributed by atoms with Gasteiger partial charge in [-0.15, -0.1) is 24.8 Å². The Labute approximate surface area is 157 Å². The van der Waals surface area contributed by atoms with Crippen LogP contribution in [0.3, 0.4) is 0 Å². The van der Waals surface area contributed by atoms with Crippen molar-refractivity contribution in [3.8, 4) is 0 Å². The number of likely N-dealkylation sites (N-methyl/N-ethyl adjacent to an activating group) is 1. The number of amides is 1. The molecule has 0 saturated carbocycles. The highest BCUT2D eigenvalue weighted by Crippen LogP contribution is 2.10. The molecule has 0 spiro atoms. The molecular weight excluding hydrogens is 349 g/mol. The zero-order chi connectivity index (χ0) is 15.8. The van der Waals surface area contributed by atoms with Crippen LogP contribution in [0.1, 0.15) is 19.4 Å². The maximum absolute atomic E-state index is 12.2. The summed E-state index contributed by atoms with van der Waals surface area (Å²) in [6, 6.07) is 10.6. The Morgan fingerprint density at radius 1 is 1.33 bits per heavy atom. The van der Waals surface area contributed by atoms with Gasteiger partial charge in [-0.1, -0.05) is 37.3 Å². The van der Waals surface area contributed by atoms with Gasteiger partial charge in [0.1, 0.15) is 6.10 Å². The maximum Gasteiger partial charge on any atom is 0.250 e. The van der Waals surface area contributed by atoms with Crippen LogP contribution < -0.4 is 10.6 Å². The minimum Gasteiger partial charge on any atom is -0.366 e. The number of hydrogen-bond donors (Lipinski definition) is 2. The Morgan fingerprint density at radius 3 is 2.71 bits per heavy atom. The fraction of sp³-hybridized carbons (Fsp3) is 0.588. The maximum atomic E-state index is 12.2. The topological polar surface area (TPSA) is 53.6 Å². The van der Waals surface area contributed by atoms with Crippen molar-refractivity contribution in [1.82, 2.24) is 15.5 Å². The van der Waals surface area contributed by atoms with Crippen LogP contribution in [0, 0.1) is 0 Å². The summed E-state index contributed by atoms with van der Waals surface area (Å²) in [6.45, 7) is 8.64. The average molecular weight is 378 g/mol. The number of morpholine rings is 1. The van der Waals surface area contributed by atoms with Crippen molar-refractivity contribution in [2.75, 3.05) is 32.8 Å². The summed E-state index contributed by atoms with van der Waals surface area (Å²) >= 11 is 0. The van der Waals surface area contributed by atoms with Gasteiger partial charge in [0.05, 0.1) is 6.61 Å². The molecule has 1 fully saturated rings. The normalized spacial score (nSPS) is 18.8. The molecule has 1 aliphatic rings. The SMILES string of the molecule is CCN[C@H](C)CNC(=O)C1CN(Cc2ccccc2)CCO1.Cl.Cl. The smallest absolute Gasteiger partial charge is 0.250 e. The zero-order valence-electron chi connectivity index (χ0n) is 14.4. The second-order valence-electron chi connectivity index (χ2n) is 5.78. The number of nitrogens with one attached hydrogen (secondary N) is 2. The van der Waals surface area contributed by atoms with E-state index in [1.165, 1.54) is 5.56 Å². The van der Waals surface area contributed by atoms with Crippen molar-refractivity contribution < 1.29 is 9.53 Å². The molecule has 138 valence electrons. The molecule has 7 heteroatoms. The van der Waals surface area contributed by atoms with Crippen LogP contribution in [0.15, 0.2) is 30.3 Å². The van der Waals surface area contributed by atoms with E-state index in [0.29, 0.717) is 19.7 Å². The molecule has 1 aromatic carbocycles. The lowest BCUT2D eigenvalue weighted by Crippen LogP contribution is -2.51. The Balaban J connectivity index is 0.00000264. The molecule has 1 heterocycles. The number of nitrogens with zero attached hydrogens (tertiary/aromatic N) is 1. The summed E-state index contributed by atoms with van der Waals surface area (Å²) in [5, 5.41) is 6.25. The lowest BCUT2D eigenvalue weighted by Gasteiger charge is -2.32. The van der Waals surface area contributed by atoms with Gasteiger partial charge in [0.25, 0.3) is 5.91 Å². The molecule has 2 rings (SSSR count). The molecule has 1 aliphatic heterocycles. The minimum absolute atomic E-state index is 0. The van der Waals surface area contributed by atoms with Gasteiger partial charge in [-0.25, -0.2) is 0 Å². The Kier molecular flexibility index (Phi) is 12.1. The lowest BCUT2D eigenvalue weighted by molar-refractivity contribution is -0.138. The molecule has 0 radical (unpaired) electrons. The van der Waals surface area contributed by atoms with E-state index in [-0.39, 0.29) is 42.9 Å². The van der Waals surface area contributed by atoms with Crippen molar-refractivity contribution in [3.63, 3.8) is 0 Å². The van der Waals surface area contributed by atoms with E-state index in [1.807, 2.05) is 18.2 Å². The van der Waals surface area contributed by atoms with E-state index in [2.05, 4.69) is 41.5 Å². The third kappa shape index (κ3) is 7.81. The summed E-state index contributed by atoms with van der Waals surface area (Å²) in [5.74, 6) is -0.0116. The highest BCUT2D eigenvalue weighted by molar-refractivity contribution is 5.85. The van der Waals surface area contributed by atoms with Crippen molar-refractivity contribution in [2.24, 2.45) is 0 Å². The quantitative estimate of drug-likeness (QED) is 0.761. The van der Waals surface area contributed by atoms with Crippen LogP contribution >= 0.6 is 24.8 Å². The number of carbonyl (C=O) groups is 1. The molecule has 1 amide bonds. The van der Waals surface area contributed by atoms with Crippen LogP contribution in [-0.2, 0) is 16.1 Å². The molecule has 0 aliphatic carbocycles. The highest BCUT2D eigenvalue weighted by Gasteiger charge is 2.26. The molecule has 0 bridgehead atoms. The summed E-state index contributed by atoms with van der Waals surface area (Å²) in [4.78, 5) is 14.5. The van der Waals surface area contributed by atoms with Gasteiger partial charge in [0.15, 0.2) is 0 Å².